The maximum atomic E-state index is 7.05. The lowest BCUT2D eigenvalue weighted by molar-refractivity contribution is 1.76. The number of hydrogen-bond acceptors (Lipinski definition) is 0. The van der Waals surface area contributed by atoms with E-state index in [1.54, 1.807) is 0 Å². The van der Waals surface area contributed by atoms with Crippen LogP contribution in [0.3, 0.4) is 0 Å². The van der Waals surface area contributed by atoms with Gasteiger partial charge in [0.25, 0.3) is 0 Å². The molecule has 0 saturated heterocycles. The van der Waals surface area contributed by atoms with E-state index in [1.807, 2.05) is 36.4 Å². The van der Waals surface area contributed by atoms with Gasteiger partial charge >= 0.3 is 6.69 Å². The summed E-state index contributed by atoms with van der Waals surface area (Å²) in [6.07, 6.45) is 0. The summed E-state index contributed by atoms with van der Waals surface area (Å²) in [6.45, 7) is -2.84. The molecule has 0 unspecified atom stereocenters. The van der Waals surface area contributed by atoms with E-state index < -0.39 is 6.69 Å². The first-order valence-electron chi connectivity index (χ1n) is 7.52. The van der Waals surface area contributed by atoms with Crippen molar-refractivity contribution in [3.63, 3.8) is 0 Å². The highest BCUT2D eigenvalue weighted by molar-refractivity contribution is 7.57. The molecule has 0 aromatic heterocycles. The molecule has 112 valence electrons. The topological polar surface area (TPSA) is 0 Å². The van der Waals surface area contributed by atoms with Crippen molar-refractivity contribution in [2.24, 2.45) is 0 Å². The molecule has 0 radical (unpaired) electrons. The minimum atomic E-state index is -2.84. The Morgan fingerprint density at radius 1 is 0.478 bits per heavy atom. The van der Waals surface area contributed by atoms with Crippen molar-refractivity contribution < 1.29 is 0 Å². The Morgan fingerprint density at radius 2 is 0.870 bits per heavy atom. The molecule has 4 rings (SSSR count). The van der Waals surface area contributed by atoms with Crippen LogP contribution in [0.4, 0.5) is 0 Å². The number of benzene rings is 4. The Morgan fingerprint density at radius 3 is 1.35 bits per heavy atom. The molecule has 0 aliphatic heterocycles. The van der Waals surface area contributed by atoms with Gasteiger partial charge in [-0.3, -0.25) is 0 Å². The molecule has 0 N–H and O–H groups in total. The van der Waals surface area contributed by atoms with Crippen LogP contribution < -0.4 is 10.4 Å². The van der Waals surface area contributed by atoms with Gasteiger partial charge in [-0.05, 0) is 31.9 Å². The first-order chi connectivity index (χ1) is 11.2. The zero-order valence-electron chi connectivity index (χ0n) is 12.3. The summed E-state index contributed by atoms with van der Waals surface area (Å²) in [5.41, 5.74) is 0. The van der Waals surface area contributed by atoms with Gasteiger partial charge in [0.1, 0.15) is 0 Å². The van der Waals surface area contributed by atoms with Gasteiger partial charge in [0.2, 0.25) is 0 Å². The Balaban J connectivity index is 2.02. The van der Waals surface area contributed by atoms with E-state index in [4.69, 9.17) is 22.2 Å². The minimum Gasteiger partial charge on any atom is -0.134 e. The van der Waals surface area contributed by atoms with Gasteiger partial charge in [-0.1, -0.05) is 84.9 Å². The molecule has 0 heterocycles. The Bertz CT molecular complexity index is 916. The molecular formula is C20H14Cl2Si. The van der Waals surface area contributed by atoms with Gasteiger partial charge in [0.15, 0.2) is 0 Å². The largest absolute Gasteiger partial charge is 0.311 e. The molecule has 0 spiro atoms. The molecule has 0 bridgehead atoms. The van der Waals surface area contributed by atoms with Crippen LogP contribution in [0.2, 0.25) is 0 Å². The van der Waals surface area contributed by atoms with E-state index in [0.717, 1.165) is 21.1 Å². The van der Waals surface area contributed by atoms with E-state index in [2.05, 4.69) is 48.5 Å². The number of halogens is 2. The highest BCUT2D eigenvalue weighted by Crippen LogP contribution is 2.24. The SMILES string of the molecule is Cl[Si](Cl)(c1cccc2ccccc12)c1cccc2ccccc12. The van der Waals surface area contributed by atoms with Crippen molar-refractivity contribution in [3.8, 4) is 0 Å². The van der Waals surface area contributed by atoms with Gasteiger partial charge in [-0.2, -0.15) is 0 Å². The molecule has 23 heavy (non-hydrogen) atoms. The lowest BCUT2D eigenvalue weighted by atomic mass is 10.1. The van der Waals surface area contributed by atoms with E-state index >= 15 is 0 Å². The molecule has 0 aliphatic carbocycles. The summed E-state index contributed by atoms with van der Waals surface area (Å²) in [6, 6.07) is 28.9. The summed E-state index contributed by atoms with van der Waals surface area (Å²) in [7, 11) is 0. The second-order valence-electron chi connectivity index (χ2n) is 5.63. The summed E-state index contributed by atoms with van der Waals surface area (Å²) in [5, 5.41) is 6.72. The van der Waals surface area contributed by atoms with Crippen molar-refractivity contribution >= 4 is 60.8 Å². The van der Waals surface area contributed by atoms with E-state index in [9.17, 15) is 0 Å². The maximum Gasteiger partial charge on any atom is 0.311 e. The van der Waals surface area contributed by atoms with Gasteiger partial charge in [-0.25, -0.2) is 0 Å². The van der Waals surface area contributed by atoms with Crippen LogP contribution in [-0.4, -0.2) is 6.69 Å². The van der Waals surface area contributed by atoms with Crippen molar-refractivity contribution in [1.29, 1.82) is 0 Å². The van der Waals surface area contributed by atoms with Crippen LogP contribution in [0.15, 0.2) is 84.9 Å². The first-order valence-corrected chi connectivity index (χ1v) is 11.5. The molecular weight excluding hydrogens is 339 g/mol. The zero-order valence-corrected chi connectivity index (χ0v) is 14.9. The van der Waals surface area contributed by atoms with Gasteiger partial charge < -0.3 is 0 Å². The maximum absolute atomic E-state index is 7.05. The third-order valence-electron chi connectivity index (χ3n) is 4.26. The van der Waals surface area contributed by atoms with Crippen molar-refractivity contribution in [1.82, 2.24) is 0 Å². The predicted molar refractivity (Wildman–Crippen MR) is 105 cm³/mol. The second kappa shape index (κ2) is 5.68. The fourth-order valence-corrected chi connectivity index (χ4v) is 7.15. The fourth-order valence-electron chi connectivity index (χ4n) is 3.14. The van der Waals surface area contributed by atoms with Crippen molar-refractivity contribution in [3.05, 3.63) is 84.9 Å². The average molecular weight is 353 g/mol. The lowest BCUT2D eigenvalue weighted by Crippen LogP contribution is -2.49. The second-order valence-corrected chi connectivity index (χ2v) is 11.8. The number of fused-ring (bicyclic) bond motifs is 2. The van der Waals surface area contributed by atoms with Crippen LogP contribution in [-0.2, 0) is 0 Å². The van der Waals surface area contributed by atoms with Crippen molar-refractivity contribution in [2.45, 2.75) is 0 Å². The normalized spacial score (nSPS) is 11.9. The smallest absolute Gasteiger partial charge is 0.134 e. The van der Waals surface area contributed by atoms with Crippen LogP contribution in [0, 0.1) is 0 Å². The molecule has 4 aromatic carbocycles. The zero-order chi connectivity index (χ0) is 15.9. The Hall–Kier alpha value is -1.80. The predicted octanol–water partition coefficient (Wildman–Crippen LogP) is 5.03. The molecule has 0 amide bonds. The van der Waals surface area contributed by atoms with E-state index in [0.29, 0.717) is 0 Å². The highest BCUT2D eigenvalue weighted by atomic mass is 35.7. The standard InChI is InChI=1S/C20H14Cl2Si/c21-23(22,19-13-5-9-15-7-1-3-11-17(15)19)20-14-6-10-16-8-2-4-12-18(16)20/h1-14H. The molecule has 0 fully saturated rings. The van der Waals surface area contributed by atoms with Crippen LogP contribution in [0.25, 0.3) is 21.5 Å². The average Bonchev–Trinajstić information content (AvgIpc) is 2.60. The van der Waals surface area contributed by atoms with E-state index in [1.165, 1.54) is 10.8 Å². The van der Waals surface area contributed by atoms with Gasteiger partial charge in [0.05, 0.1) is 0 Å². The third-order valence-corrected chi connectivity index (χ3v) is 8.92. The Labute approximate surface area is 145 Å². The minimum absolute atomic E-state index is 1.05. The first kappa shape index (κ1) is 14.8. The molecule has 0 aliphatic rings. The molecule has 4 aromatic rings. The van der Waals surface area contributed by atoms with Crippen LogP contribution in [0.1, 0.15) is 0 Å². The summed E-state index contributed by atoms with van der Waals surface area (Å²) in [5.74, 6) is 0. The molecule has 0 saturated carbocycles. The summed E-state index contributed by atoms with van der Waals surface area (Å²) in [4.78, 5) is 0. The lowest BCUT2D eigenvalue weighted by Gasteiger charge is -2.21. The molecule has 0 nitrogen and oxygen atoms in total. The summed E-state index contributed by atoms with van der Waals surface area (Å²) < 4.78 is 0. The highest BCUT2D eigenvalue weighted by Gasteiger charge is 2.36. The Kier molecular flexibility index (Phi) is 3.65. The summed E-state index contributed by atoms with van der Waals surface area (Å²) >= 11 is 14.1. The third kappa shape index (κ3) is 2.45. The van der Waals surface area contributed by atoms with Gasteiger partial charge in [0, 0.05) is 0 Å². The van der Waals surface area contributed by atoms with Crippen molar-refractivity contribution in [2.75, 3.05) is 0 Å². The van der Waals surface area contributed by atoms with Crippen LogP contribution in [0.5, 0.6) is 0 Å². The van der Waals surface area contributed by atoms with Gasteiger partial charge in [-0.15, -0.1) is 22.2 Å². The van der Waals surface area contributed by atoms with Crippen LogP contribution >= 0.6 is 22.2 Å². The molecule has 0 atom stereocenters. The fraction of sp³-hybridized carbons (Fsp3) is 0. The number of hydrogen-bond donors (Lipinski definition) is 0. The quantitative estimate of drug-likeness (QED) is 0.350. The number of rotatable bonds is 2. The van der Waals surface area contributed by atoms with E-state index in [-0.39, 0.29) is 0 Å². The monoisotopic (exact) mass is 352 g/mol. The molecule has 3 heteroatoms.